The minimum atomic E-state index is -1.43. The Labute approximate surface area is 223 Å². The van der Waals surface area contributed by atoms with Gasteiger partial charge in [0.05, 0.1) is 54.7 Å². The SMILES string of the molecule is CO[C@H]1C[C@H](O[C@H]2CC[C@]3(C)[C@H]4CCC5=CO[C@@]6(C)OC[C@@H](OC(=O)[C@@H]4C[C@@H](O)[C@@]3(O)C2)[C@@H]56)O[C@H](C)[C@H]1O. The van der Waals surface area contributed by atoms with E-state index in [2.05, 4.69) is 0 Å². The van der Waals surface area contributed by atoms with Gasteiger partial charge in [0, 0.05) is 32.3 Å². The number of aliphatic hydroxyl groups excluding tert-OH is 2. The van der Waals surface area contributed by atoms with Gasteiger partial charge in [0.2, 0.25) is 5.79 Å². The summed E-state index contributed by atoms with van der Waals surface area (Å²) in [6.07, 6.45) is 1.17. The number of aliphatic hydroxyl groups is 3. The third kappa shape index (κ3) is 3.97. The largest absolute Gasteiger partial charge is 0.469 e. The van der Waals surface area contributed by atoms with E-state index in [1.807, 2.05) is 13.8 Å². The van der Waals surface area contributed by atoms with Crippen molar-refractivity contribution in [1.29, 1.82) is 0 Å². The van der Waals surface area contributed by atoms with E-state index in [4.69, 9.17) is 28.4 Å². The fourth-order valence-corrected chi connectivity index (χ4v) is 8.46. The van der Waals surface area contributed by atoms with Crippen LogP contribution >= 0.6 is 0 Å². The lowest BCUT2D eigenvalue weighted by Crippen LogP contribution is -2.67. The van der Waals surface area contributed by atoms with Gasteiger partial charge in [0.1, 0.15) is 12.2 Å². The smallest absolute Gasteiger partial charge is 0.309 e. The molecule has 0 bridgehead atoms. The van der Waals surface area contributed by atoms with Gasteiger partial charge in [-0.1, -0.05) is 6.92 Å². The molecular formula is C28H42O10. The molecule has 38 heavy (non-hydrogen) atoms. The summed E-state index contributed by atoms with van der Waals surface area (Å²) in [4.78, 5) is 13.5. The monoisotopic (exact) mass is 538 g/mol. The maximum absolute atomic E-state index is 13.5. The highest BCUT2D eigenvalue weighted by Gasteiger charge is 2.66. The molecule has 3 saturated heterocycles. The van der Waals surface area contributed by atoms with E-state index in [-0.39, 0.29) is 43.4 Å². The van der Waals surface area contributed by atoms with Gasteiger partial charge in [0.25, 0.3) is 0 Å². The van der Waals surface area contributed by atoms with Crippen LogP contribution in [0.2, 0.25) is 0 Å². The Hall–Kier alpha value is -1.27. The summed E-state index contributed by atoms with van der Waals surface area (Å²) < 4.78 is 35.4. The number of hydrogen-bond acceptors (Lipinski definition) is 10. The first kappa shape index (κ1) is 26.9. The van der Waals surface area contributed by atoms with Crippen LogP contribution in [-0.4, -0.2) is 89.3 Å². The first-order valence-electron chi connectivity index (χ1n) is 14.1. The highest BCUT2D eigenvalue weighted by Crippen LogP contribution is 2.61. The Morgan fingerprint density at radius 3 is 2.71 bits per heavy atom. The second kappa shape index (κ2) is 9.39. The van der Waals surface area contributed by atoms with E-state index in [0.717, 1.165) is 5.57 Å². The van der Waals surface area contributed by atoms with Crippen molar-refractivity contribution >= 4 is 5.97 Å². The molecule has 0 amide bonds. The molecule has 214 valence electrons. The van der Waals surface area contributed by atoms with Crippen molar-refractivity contribution in [2.24, 2.45) is 23.2 Å². The van der Waals surface area contributed by atoms with Crippen molar-refractivity contribution in [3.63, 3.8) is 0 Å². The first-order chi connectivity index (χ1) is 18.0. The molecule has 0 aromatic heterocycles. The van der Waals surface area contributed by atoms with Crippen molar-refractivity contribution in [2.75, 3.05) is 13.7 Å². The van der Waals surface area contributed by atoms with E-state index >= 15 is 0 Å². The zero-order valence-electron chi connectivity index (χ0n) is 22.7. The lowest BCUT2D eigenvalue weighted by Gasteiger charge is -2.61. The average Bonchev–Trinajstić information content (AvgIpc) is 3.38. The molecule has 0 spiro atoms. The van der Waals surface area contributed by atoms with Crippen LogP contribution < -0.4 is 0 Å². The minimum absolute atomic E-state index is 0.139. The van der Waals surface area contributed by atoms with Gasteiger partial charge in [-0.15, -0.1) is 0 Å². The van der Waals surface area contributed by atoms with E-state index < -0.39 is 59.5 Å². The second-order valence-corrected chi connectivity index (χ2v) is 12.7. The lowest BCUT2D eigenvalue weighted by molar-refractivity contribution is -0.294. The molecular weight excluding hydrogens is 496 g/mol. The molecule has 0 aromatic carbocycles. The molecule has 2 aliphatic carbocycles. The number of carbonyl (C=O) groups excluding carboxylic acids is 1. The second-order valence-electron chi connectivity index (χ2n) is 12.7. The van der Waals surface area contributed by atoms with Crippen LogP contribution in [0.4, 0.5) is 0 Å². The van der Waals surface area contributed by atoms with Gasteiger partial charge in [0.15, 0.2) is 6.29 Å². The Morgan fingerprint density at radius 2 is 1.95 bits per heavy atom. The van der Waals surface area contributed by atoms with Gasteiger partial charge in [-0.25, -0.2) is 0 Å². The van der Waals surface area contributed by atoms with Crippen molar-refractivity contribution < 1.29 is 48.5 Å². The number of fused-ring (bicyclic) bond motifs is 3. The summed E-state index contributed by atoms with van der Waals surface area (Å²) in [7, 11) is 1.56. The molecule has 10 heteroatoms. The Balaban J connectivity index is 1.22. The molecule has 0 aromatic rings. The normalized spacial score (nSPS) is 54.3. The van der Waals surface area contributed by atoms with Crippen LogP contribution in [0.1, 0.15) is 65.7 Å². The summed E-state index contributed by atoms with van der Waals surface area (Å²) >= 11 is 0. The standard InChI is InChI=1S/C28H42O10/c1-14-24(30)19(33-4)10-22(36-14)37-16-7-8-26(2)18-6-5-15-12-34-27(3)23(15)20(13-35-27)38-25(31)17(18)9-21(29)28(26,32)11-16/h12,14,16-24,29-30,32H,5-11,13H2,1-4H3/t14-,16+,17-,18+,19+,20-,21-,22+,23-,24-,26-,27+,28+/m1/s1. The van der Waals surface area contributed by atoms with Crippen LogP contribution in [0.25, 0.3) is 0 Å². The molecule has 0 unspecified atom stereocenters. The highest BCUT2D eigenvalue weighted by atomic mass is 16.7. The molecule has 13 atom stereocenters. The van der Waals surface area contributed by atoms with E-state index in [1.54, 1.807) is 20.3 Å². The zero-order valence-corrected chi connectivity index (χ0v) is 22.7. The number of carbonyl (C=O) groups is 1. The molecule has 6 aliphatic rings. The number of ether oxygens (including phenoxy) is 6. The van der Waals surface area contributed by atoms with Crippen LogP contribution in [0.5, 0.6) is 0 Å². The average molecular weight is 539 g/mol. The van der Waals surface area contributed by atoms with Crippen molar-refractivity contribution in [2.45, 2.75) is 120 Å². The maximum Gasteiger partial charge on any atom is 0.309 e. The van der Waals surface area contributed by atoms with Crippen LogP contribution in [-0.2, 0) is 33.2 Å². The molecule has 0 radical (unpaired) electrons. The highest BCUT2D eigenvalue weighted by molar-refractivity contribution is 5.74. The predicted molar refractivity (Wildman–Crippen MR) is 131 cm³/mol. The fourth-order valence-electron chi connectivity index (χ4n) is 8.46. The van der Waals surface area contributed by atoms with Gasteiger partial charge in [-0.2, -0.15) is 0 Å². The summed E-state index contributed by atoms with van der Waals surface area (Å²) in [5, 5.41) is 33.8. The summed E-state index contributed by atoms with van der Waals surface area (Å²) in [6.45, 7) is 5.97. The quantitative estimate of drug-likeness (QED) is 0.361. The summed E-state index contributed by atoms with van der Waals surface area (Å²) in [6, 6.07) is 0. The summed E-state index contributed by atoms with van der Waals surface area (Å²) in [5.41, 5.74) is -1.06. The van der Waals surface area contributed by atoms with Gasteiger partial charge < -0.3 is 43.7 Å². The van der Waals surface area contributed by atoms with Gasteiger partial charge in [-0.3, -0.25) is 4.79 Å². The number of methoxy groups -OCH3 is 1. The minimum Gasteiger partial charge on any atom is -0.469 e. The molecule has 4 heterocycles. The Morgan fingerprint density at radius 1 is 1.16 bits per heavy atom. The van der Waals surface area contributed by atoms with Crippen LogP contribution in [0.15, 0.2) is 11.8 Å². The van der Waals surface area contributed by atoms with E-state index in [9.17, 15) is 20.1 Å². The topological polar surface area (TPSA) is 133 Å². The third-order valence-corrected chi connectivity index (χ3v) is 10.8. The molecule has 2 saturated carbocycles. The summed E-state index contributed by atoms with van der Waals surface area (Å²) in [5.74, 6) is -1.95. The van der Waals surface area contributed by atoms with E-state index in [1.165, 1.54) is 0 Å². The zero-order chi connectivity index (χ0) is 27.0. The van der Waals surface area contributed by atoms with Crippen molar-refractivity contribution in [3.05, 3.63) is 11.8 Å². The van der Waals surface area contributed by atoms with Crippen LogP contribution in [0, 0.1) is 23.2 Å². The fraction of sp³-hybridized carbons (Fsp3) is 0.893. The first-order valence-corrected chi connectivity index (χ1v) is 14.1. The van der Waals surface area contributed by atoms with Crippen molar-refractivity contribution in [1.82, 2.24) is 0 Å². The molecule has 3 N–H and O–H groups in total. The lowest BCUT2D eigenvalue weighted by atomic mass is 9.48. The number of rotatable bonds is 3. The maximum atomic E-state index is 13.5. The predicted octanol–water partition coefficient (Wildman–Crippen LogP) is 1.78. The third-order valence-electron chi connectivity index (χ3n) is 10.8. The molecule has 5 fully saturated rings. The number of hydrogen-bond donors (Lipinski definition) is 3. The molecule has 10 nitrogen and oxygen atoms in total. The Bertz CT molecular complexity index is 971. The van der Waals surface area contributed by atoms with Crippen molar-refractivity contribution in [3.8, 4) is 0 Å². The number of esters is 1. The molecule has 6 rings (SSSR count). The van der Waals surface area contributed by atoms with Gasteiger partial charge >= 0.3 is 5.97 Å². The Kier molecular flexibility index (Phi) is 6.66. The van der Waals surface area contributed by atoms with Gasteiger partial charge in [-0.05, 0) is 50.5 Å². The van der Waals surface area contributed by atoms with Crippen LogP contribution in [0.3, 0.4) is 0 Å². The molecule has 4 aliphatic heterocycles. The van der Waals surface area contributed by atoms with E-state index in [0.29, 0.717) is 32.1 Å².